The van der Waals surface area contributed by atoms with Gasteiger partial charge in [0.05, 0.1) is 12.0 Å². The second-order valence-corrected chi connectivity index (χ2v) is 7.42. The summed E-state index contributed by atoms with van der Waals surface area (Å²) in [6.45, 7) is 4.82. The van der Waals surface area contributed by atoms with Gasteiger partial charge in [0.2, 0.25) is 5.91 Å². The van der Waals surface area contributed by atoms with Crippen LogP contribution in [-0.4, -0.2) is 54.5 Å². The van der Waals surface area contributed by atoms with Gasteiger partial charge in [-0.15, -0.1) is 0 Å². The fourth-order valence-corrected chi connectivity index (χ4v) is 4.60. The second kappa shape index (κ2) is 7.24. The molecule has 0 N–H and O–H groups in total. The molecule has 3 aliphatic rings. The number of nitrogens with zero attached hydrogens (tertiary/aromatic N) is 2. The van der Waals surface area contributed by atoms with Crippen LogP contribution in [0.5, 0.6) is 0 Å². The van der Waals surface area contributed by atoms with E-state index in [2.05, 4.69) is 21.9 Å². The van der Waals surface area contributed by atoms with Gasteiger partial charge in [-0.3, -0.25) is 9.69 Å². The van der Waals surface area contributed by atoms with Gasteiger partial charge in [-0.05, 0) is 37.8 Å². The lowest BCUT2D eigenvalue weighted by Gasteiger charge is -2.45. The van der Waals surface area contributed by atoms with Crippen molar-refractivity contribution in [2.24, 2.45) is 5.92 Å². The number of ether oxygens (including phenoxy) is 1. The summed E-state index contributed by atoms with van der Waals surface area (Å²) < 4.78 is 6.04. The highest BCUT2D eigenvalue weighted by Gasteiger charge is 2.38. The van der Waals surface area contributed by atoms with E-state index in [4.69, 9.17) is 4.74 Å². The first-order valence-electron chi connectivity index (χ1n) is 9.52. The largest absolute Gasteiger partial charge is 0.373 e. The molecule has 1 aromatic rings. The summed E-state index contributed by atoms with van der Waals surface area (Å²) in [4.78, 5) is 17.9. The molecule has 3 fully saturated rings. The van der Waals surface area contributed by atoms with E-state index in [1.165, 1.54) is 25.8 Å². The summed E-state index contributed by atoms with van der Waals surface area (Å²) in [5.41, 5.74) is 1.15. The number of piperazine rings is 1. The molecular weight excluding hydrogens is 300 g/mol. The van der Waals surface area contributed by atoms with Crippen LogP contribution in [0.4, 0.5) is 0 Å². The maximum Gasteiger partial charge on any atom is 0.228 e. The van der Waals surface area contributed by atoms with Gasteiger partial charge in [-0.1, -0.05) is 36.8 Å². The van der Waals surface area contributed by atoms with Crippen molar-refractivity contribution in [3.8, 4) is 0 Å². The average Bonchev–Trinajstić information content (AvgIpc) is 2.68. The summed E-state index contributed by atoms with van der Waals surface area (Å²) in [6.07, 6.45) is 5.73. The van der Waals surface area contributed by atoms with E-state index in [-0.39, 0.29) is 12.0 Å². The van der Waals surface area contributed by atoms with E-state index in [1.54, 1.807) is 0 Å². The number of carbonyl (C=O) groups is 1. The van der Waals surface area contributed by atoms with Crippen molar-refractivity contribution in [2.75, 3.05) is 32.8 Å². The van der Waals surface area contributed by atoms with Gasteiger partial charge < -0.3 is 9.64 Å². The smallest absolute Gasteiger partial charge is 0.228 e. The van der Waals surface area contributed by atoms with Crippen LogP contribution in [-0.2, 0) is 9.53 Å². The first-order valence-corrected chi connectivity index (χ1v) is 9.52. The molecule has 0 aliphatic carbocycles. The molecule has 1 aromatic carbocycles. The number of amides is 1. The van der Waals surface area contributed by atoms with Crippen molar-refractivity contribution in [2.45, 2.75) is 44.2 Å². The van der Waals surface area contributed by atoms with Gasteiger partial charge in [-0.2, -0.15) is 0 Å². The second-order valence-electron chi connectivity index (χ2n) is 7.42. The van der Waals surface area contributed by atoms with Crippen molar-refractivity contribution in [3.63, 3.8) is 0 Å². The van der Waals surface area contributed by atoms with E-state index in [9.17, 15) is 4.79 Å². The Labute approximate surface area is 144 Å². The third-order valence-electron chi connectivity index (χ3n) is 5.92. The van der Waals surface area contributed by atoms with Crippen LogP contribution in [0.2, 0.25) is 0 Å². The van der Waals surface area contributed by atoms with Gasteiger partial charge in [0.15, 0.2) is 0 Å². The van der Waals surface area contributed by atoms with E-state index in [1.807, 2.05) is 18.2 Å². The predicted molar refractivity (Wildman–Crippen MR) is 93.7 cm³/mol. The number of carbonyl (C=O) groups excluding carboxylic acids is 1. The Morgan fingerprint density at radius 3 is 2.75 bits per heavy atom. The van der Waals surface area contributed by atoms with E-state index in [0.29, 0.717) is 11.9 Å². The van der Waals surface area contributed by atoms with Crippen LogP contribution in [0, 0.1) is 5.92 Å². The maximum atomic E-state index is 13.2. The molecule has 4 rings (SSSR count). The Morgan fingerprint density at radius 1 is 1.00 bits per heavy atom. The summed E-state index contributed by atoms with van der Waals surface area (Å²) in [5.74, 6) is 0.296. The summed E-state index contributed by atoms with van der Waals surface area (Å²) in [6, 6.07) is 10.9. The van der Waals surface area contributed by atoms with Crippen LogP contribution in [0.15, 0.2) is 30.3 Å². The molecule has 1 amide bonds. The highest BCUT2D eigenvalue weighted by atomic mass is 16.5. The molecule has 3 heterocycles. The zero-order valence-electron chi connectivity index (χ0n) is 14.4. The maximum absolute atomic E-state index is 13.2. The standard InChI is InChI=1S/C20H28N2O2/c23-20(22-13-12-21-11-5-4-9-17(21)15-22)18-10-6-14-24-19(18)16-7-2-1-3-8-16/h1-3,7-8,17-19H,4-6,9-15H2/t17-,18+,19+/m0/s1. The zero-order valence-corrected chi connectivity index (χ0v) is 14.4. The van der Waals surface area contributed by atoms with Gasteiger partial charge in [0, 0.05) is 32.3 Å². The number of fused-ring (bicyclic) bond motifs is 1. The van der Waals surface area contributed by atoms with Crippen molar-refractivity contribution in [3.05, 3.63) is 35.9 Å². The van der Waals surface area contributed by atoms with Crippen LogP contribution in [0.1, 0.15) is 43.8 Å². The third kappa shape index (κ3) is 3.22. The van der Waals surface area contributed by atoms with Crippen molar-refractivity contribution >= 4 is 5.91 Å². The SMILES string of the molecule is O=C([C@@H]1CCCO[C@@H]1c1ccccc1)N1CCN2CCCC[C@H]2C1. The summed E-state index contributed by atoms with van der Waals surface area (Å²) in [5, 5.41) is 0. The highest BCUT2D eigenvalue weighted by molar-refractivity contribution is 5.80. The van der Waals surface area contributed by atoms with Crippen LogP contribution >= 0.6 is 0 Å². The first kappa shape index (κ1) is 16.1. The molecular formula is C20H28N2O2. The number of hydrogen-bond acceptors (Lipinski definition) is 3. The lowest BCUT2D eigenvalue weighted by atomic mass is 9.87. The van der Waals surface area contributed by atoms with Gasteiger partial charge in [0.1, 0.15) is 0 Å². The Morgan fingerprint density at radius 2 is 1.88 bits per heavy atom. The van der Waals surface area contributed by atoms with Crippen molar-refractivity contribution in [1.82, 2.24) is 9.80 Å². The molecule has 3 atom stereocenters. The molecule has 4 nitrogen and oxygen atoms in total. The lowest BCUT2D eigenvalue weighted by molar-refractivity contribution is -0.149. The Hall–Kier alpha value is -1.39. The van der Waals surface area contributed by atoms with Crippen LogP contribution in [0.25, 0.3) is 0 Å². The number of piperidine rings is 1. The molecule has 0 bridgehead atoms. The van der Waals surface area contributed by atoms with E-state index >= 15 is 0 Å². The predicted octanol–water partition coefficient (Wildman–Crippen LogP) is 2.85. The molecule has 0 unspecified atom stereocenters. The summed E-state index contributed by atoms with van der Waals surface area (Å²) in [7, 11) is 0. The van der Waals surface area contributed by atoms with Crippen LogP contribution in [0.3, 0.4) is 0 Å². The number of hydrogen-bond donors (Lipinski definition) is 0. The molecule has 0 saturated carbocycles. The first-order chi connectivity index (χ1) is 11.8. The Balaban J connectivity index is 1.47. The minimum absolute atomic E-state index is 0.0173. The minimum Gasteiger partial charge on any atom is -0.373 e. The van der Waals surface area contributed by atoms with Gasteiger partial charge in [0.25, 0.3) is 0 Å². The monoisotopic (exact) mass is 328 g/mol. The van der Waals surface area contributed by atoms with E-state index in [0.717, 1.165) is 44.6 Å². The number of rotatable bonds is 2. The molecule has 24 heavy (non-hydrogen) atoms. The molecule has 4 heteroatoms. The topological polar surface area (TPSA) is 32.8 Å². The molecule has 0 aromatic heterocycles. The Kier molecular flexibility index (Phi) is 4.86. The van der Waals surface area contributed by atoms with Gasteiger partial charge in [-0.25, -0.2) is 0 Å². The van der Waals surface area contributed by atoms with Crippen LogP contribution < -0.4 is 0 Å². The quantitative estimate of drug-likeness (QED) is 0.837. The van der Waals surface area contributed by atoms with E-state index < -0.39 is 0 Å². The average molecular weight is 328 g/mol. The fourth-order valence-electron chi connectivity index (χ4n) is 4.60. The minimum atomic E-state index is -0.0724. The Bertz CT molecular complexity index is 562. The fraction of sp³-hybridized carbons (Fsp3) is 0.650. The normalized spacial score (nSPS) is 31.5. The van der Waals surface area contributed by atoms with Crippen molar-refractivity contribution < 1.29 is 9.53 Å². The lowest BCUT2D eigenvalue weighted by Crippen LogP contribution is -2.57. The number of benzene rings is 1. The molecule has 0 spiro atoms. The molecule has 0 radical (unpaired) electrons. The third-order valence-corrected chi connectivity index (χ3v) is 5.92. The zero-order chi connectivity index (χ0) is 16.4. The molecule has 3 aliphatic heterocycles. The molecule has 3 saturated heterocycles. The van der Waals surface area contributed by atoms with Crippen molar-refractivity contribution in [1.29, 1.82) is 0 Å². The molecule has 130 valence electrons. The summed E-state index contributed by atoms with van der Waals surface area (Å²) >= 11 is 0. The highest BCUT2D eigenvalue weighted by Crippen LogP contribution is 2.35. The van der Waals surface area contributed by atoms with Gasteiger partial charge >= 0.3 is 0 Å².